The molecule has 3 aromatic rings. The molecule has 7 heteroatoms. The van der Waals surface area contributed by atoms with Crippen molar-refractivity contribution in [3.8, 4) is 11.1 Å². The largest absolute Gasteiger partial charge is 0.449 e. The molecule has 1 aromatic heterocycles. The average molecular weight is 496 g/mol. The van der Waals surface area contributed by atoms with Gasteiger partial charge in [-0.2, -0.15) is 0 Å². The van der Waals surface area contributed by atoms with Gasteiger partial charge in [-0.3, -0.25) is 14.6 Å². The first-order valence-corrected chi connectivity index (χ1v) is 12.8. The highest BCUT2D eigenvalue weighted by Crippen LogP contribution is 2.52. The highest BCUT2D eigenvalue weighted by molar-refractivity contribution is 5.96. The number of nitrogens with zero attached hydrogens (tertiary/aromatic N) is 2. The summed E-state index contributed by atoms with van der Waals surface area (Å²) in [6, 6.07) is 19.2. The number of amides is 2. The van der Waals surface area contributed by atoms with Gasteiger partial charge in [-0.15, -0.1) is 0 Å². The zero-order valence-corrected chi connectivity index (χ0v) is 21.0. The van der Waals surface area contributed by atoms with Crippen LogP contribution in [0.25, 0.3) is 11.1 Å². The standard InChI is InChI=1S/C30H29N3O4/c1-19(2)32-26(34)25-12-9-21(17-31-25)20-7-10-22(11-8-20)29(13-14-29)28(36)33-16-15-30(18-33)24-6-4-3-5-23(24)27(35)37-30/h3-12,17,19H,13-16,18H2,1-2H3,(H,32,34)/t30-/m0/s1. The second kappa shape index (κ2) is 8.54. The van der Waals surface area contributed by atoms with Crippen molar-refractivity contribution >= 4 is 17.8 Å². The third kappa shape index (κ3) is 3.89. The molecule has 1 saturated carbocycles. The molecule has 1 atom stereocenters. The number of carbonyl (C=O) groups excluding carboxylic acids is 3. The van der Waals surface area contributed by atoms with Crippen molar-refractivity contribution in [2.75, 3.05) is 13.1 Å². The van der Waals surface area contributed by atoms with E-state index in [2.05, 4.69) is 10.3 Å². The van der Waals surface area contributed by atoms with Gasteiger partial charge in [0.25, 0.3) is 5.91 Å². The molecule has 1 aliphatic carbocycles. The fourth-order valence-electron chi connectivity index (χ4n) is 5.67. The number of pyridine rings is 1. The van der Waals surface area contributed by atoms with E-state index in [-0.39, 0.29) is 23.8 Å². The third-order valence-electron chi connectivity index (χ3n) is 7.79. The zero-order chi connectivity index (χ0) is 25.8. The van der Waals surface area contributed by atoms with Crippen molar-refractivity contribution < 1.29 is 19.1 Å². The molecule has 1 spiro atoms. The van der Waals surface area contributed by atoms with Crippen LogP contribution in [0.5, 0.6) is 0 Å². The van der Waals surface area contributed by atoms with Gasteiger partial charge < -0.3 is 15.0 Å². The van der Waals surface area contributed by atoms with E-state index in [1.54, 1.807) is 18.3 Å². The average Bonchev–Trinajstić information content (AvgIpc) is 3.54. The maximum atomic E-state index is 13.7. The molecule has 188 valence electrons. The predicted octanol–water partition coefficient (Wildman–Crippen LogP) is 4.22. The minimum absolute atomic E-state index is 0.0501. The van der Waals surface area contributed by atoms with Gasteiger partial charge in [0.05, 0.1) is 17.5 Å². The maximum Gasteiger partial charge on any atom is 0.339 e. The number of ether oxygens (including phenoxy) is 1. The van der Waals surface area contributed by atoms with Crippen LogP contribution in [0.1, 0.15) is 65.1 Å². The molecular weight excluding hydrogens is 466 g/mol. The Balaban J connectivity index is 1.17. The molecule has 0 bridgehead atoms. The van der Waals surface area contributed by atoms with Crippen molar-refractivity contribution in [1.82, 2.24) is 15.2 Å². The van der Waals surface area contributed by atoms with Crippen LogP contribution in [0.3, 0.4) is 0 Å². The second-order valence-corrected chi connectivity index (χ2v) is 10.6. The van der Waals surface area contributed by atoms with Crippen molar-refractivity contribution in [1.29, 1.82) is 0 Å². The third-order valence-corrected chi connectivity index (χ3v) is 7.79. The van der Waals surface area contributed by atoms with Crippen LogP contribution < -0.4 is 5.32 Å². The van der Waals surface area contributed by atoms with Gasteiger partial charge in [0.2, 0.25) is 5.91 Å². The number of hydrogen-bond donors (Lipinski definition) is 1. The highest BCUT2D eigenvalue weighted by atomic mass is 16.6. The lowest BCUT2D eigenvalue weighted by molar-refractivity contribution is -0.134. The summed E-state index contributed by atoms with van der Waals surface area (Å²) in [6.07, 6.45) is 3.94. The van der Waals surface area contributed by atoms with E-state index in [1.807, 2.05) is 67.3 Å². The predicted molar refractivity (Wildman–Crippen MR) is 138 cm³/mol. The number of aromatic nitrogens is 1. The van der Waals surface area contributed by atoms with Crippen LogP contribution >= 0.6 is 0 Å². The first-order chi connectivity index (χ1) is 17.8. The summed E-state index contributed by atoms with van der Waals surface area (Å²) in [4.78, 5) is 44.5. The molecule has 0 unspecified atom stereocenters. The summed E-state index contributed by atoms with van der Waals surface area (Å²) in [5, 5.41) is 2.84. The lowest BCUT2D eigenvalue weighted by atomic mass is 9.91. The smallest absolute Gasteiger partial charge is 0.339 e. The van der Waals surface area contributed by atoms with Crippen molar-refractivity contribution in [2.24, 2.45) is 0 Å². The number of hydrogen-bond acceptors (Lipinski definition) is 5. The van der Waals surface area contributed by atoms with Crippen LogP contribution in [-0.2, 0) is 20.5 Å². The van der Waals surface area contributed by atoms with Gasteiger partial charge in [-0.05, 0) is 49.9 Å². The molecule has 37 heavy (non-hydrogen) atoms. The maximum absolute atomic E-state index is 13.7. The molecule has 1 saturated heterocycles. The van der Waals surface area contributed by atoms with Gasteiger partial charge in [-0.25, -0.2) is 4.79 Å². The van der Waals surface area contributed by atoms with Crippen LogP contribution in [-0.4, -0.2) is 46.8 Å². The Hall–Kier alpha value is -4.00. The van der Waals surface area contributed by atoms with Crippen LogP contribution in [0.4, 0.5) is 0 Å². The van der Waals surface area contributed by atoms with Gasteiger partial charge in [-0.1, -0.05) is 48.5 Å². The Bertz CT molecular complexity index is 1390. The molecular formula is C30H29N3O4. The molecule has 2 amide bonds. The molecule has 3 heterocycles. The van der Waals surface area contributed by atoms with Crippen LogP contribution in [0.2, 0.25) is 0 Å². The molecule has 1 N–H and O–H groups in total. The number of benzene rings is 2. The first kappa shape index (κ1) is 23.4. The summed E-state index contributed by atoms with van der Waals surface area (Å²) in [5.41, 5.74) is 3.54. The van der Waals surface area contributed by atoms with E-state index in [9.17, 15) is 14.4 Å². The van der Waals surface area contributed by atoms with E-state index < -0.39 is 11.0 Å². The van der Waals surface area contributed by atoms with E-state index in [4.69, 9.17) is 4.74 Å². The van der Waals surface area contributed by atoms with Gasteiger partial charge in [0.1, 0.15) is 5.69 Å². The summed E-state index contributed by atoms with van der Waals surface area (Å²) in [5.74, 6) is -0.380. The van der Waals surface area contributed by atoms with E-state index in [1.165, 1.54) is 0 Å². The topological polar surface area (TPSA) is 88.6 Å². The van der Waals surface area contributed by atoms with Crippen LogP contribution in [0, 0.1) is 0 Å². The zero-order valence-electron chi connectivity index (χ0n) is 21.0. The Morgan fingerprint density at radius 3 is 2.38 bits per heavy atom. The lowest BCUT2D eigenvalue weighted by Crippen LogP contribution is -2.40. The number of nitrogens with one attached hydrogen (secondary N) is 1. The van der Waals surface area contributed by atoms with Crippen molar-refractivity contribution in [2.45, 2.75) is 50.2 Å². The number of esters is 1. The Morgan fingerprint density at radius 1 is 0.973 bits per heavy atom. The van der Waals surface area contributed by atoms with Crippen LogP contribution in [0.15, 0.2) is 66.9 Å². The van der Waals surface area contributed by atoms with Crippen molar-refractivity contribution in [3.63, 3.8) is 0 Å². The molecule has 3 aliphatic rings. The molecule has 2 aliphatic heterocycles. The number of rotatable bonds is 5. The number of carbonyl (C=O) groups is 3. The molecule has 6 rings (SSSR count). The van der Waals surface area contributed by atoms with Gasteiger partial charge in [0, 0.05) is 36.3 Å². The SMILES string of the molecule is CC(C)NC(=O)c1ccc(-c2ccc(C3(C(=O)N4CC[C@@]5(C4)OC(=O)c4ccccc45)CC3)cc2)cn1. The van der Waals surface area contributed by atoms with Gasteiger partial charge in [0.15, 0.2) is 5.60 Å². The number of fused-ring (bicyclic) bond motifs is 2. The number of likely N-dealkylation sites (tertiary alicyclic amines) is 1. The first-order valence-electron chi connectivity index (χ1n) is 12.8. The Morgan fingerprint density at radius 2 is 1.70 bits per heavy atom. The summed E-state index contributed by atoms with van der Waals surface area (Å²) >= 11 is 0. The minimum Gasteiger partial charge on any atom is -0.449 e. The van der Waals surface area contributed by atoms with Crippen molar-refractivity contribution in [3.05, 3.63) is 89.2 Å². The highest BCUT2D eigenvalue weighted by Gasteiger charge is 2.57. The summed E-state index contributed by atoms with van der Waals surface area (Å²) in [7, 11) is 0. The monoisotopic (exact) mass is 495 g/mol. The lowest BCUT2D eigenvalue weighted by Gasteiger charge is -2.27. The molecule has 7 nitrogen and oxygen atoms in total. The fourth-order valence-corrected chi connectivity index (χ4v) is 5.67. The summed E-state index contributed by atoms with van der Waals surface area (Å²) < 4.78 is 5.84. The molecule has 2 aromatic carbocycles. The quantitative estimate of drug-likeness (QED) is 0.536. The second-order valence-electron chi connectivity index (χ2n) is 10.6. The van der Waals surface area contributed by atoms with E-state index >= 15 is 0 Å². The minimum atomic E-state index is -0.728. The van der Waals surface area contributed by atoms with Gasteiger partial charge >= 0.3 is 5.97 Å². The normalized spacial score (nSPS) is 21.2. The Labute approximate surface area is 215 Å². The van der Waals surface area contributed by atoms with E-state index in [0.29, 0.717) is 30.8 Å². The molecule has 2 fully saturated rings. The van der Waals surface area contributed by atoms with E-state index in [0.717, 1.165) is 35.1 Å². The molecule has 0 radical (unpaired) electrons. The summed E-state index contributed by atoms with van der Waals surface area (Å²) in [6.45, 7) is 4.80. The Kier molecular flexibility index (Phi) is 5.40. The fraction of sp³-hybridized carbons (Fsp3) is 0.333.